The Morgan fingerprint density at radius 1 is 1.11 bits per heavy atom. The smallest absolute Gasteiger partial charge is 0.203 e. The second-order valence-corrected chi connectivity index (χ2v) is 6.65. The van der Waals surface area contributed by atoms with Gasteiger partial charge in [0.25, 0.3) is 0 Å². The van der Waals surface area contributed by atoms with Crippen molar-refractivity contribution in [3.63, 3.8) is 0 Å². The Balaban J connectivity index is 1.72. The molecule has 2 aliphatic rings. The van der Waals surface area contributed by atoms with Crippen LogP contribution in [0, 0.1) is 12.8 Å². The number of hydrogen-bond donors (Lipinski definition) is 1. The molecule has 3 rings (SSSR count). The van der Waals surface area contributed by atoms with E-state index in [0.717, 1.165) is 17.6 Å². The maximum atomic E-state index is 4.72. The zero-order valence-corrected chi connectivity index (χ0v) is 12.4. The summed E-state index contributed by atoms with van der Waals surface area (Å²) in [6, 6.07) is 1.32. The molecule has 0 amide bonds. The Kier molecular flexibility index (Phi) is 3.81. The number of imidazole rings is 1. The minimum atomic E-state index is 0.656. The van der Waals surface area contributed by atoms with Gasteiger partial charge in [0.05, 0.1) is 5.69 Å². The lowest BCUT2D eigenvalue weighted by Crippen LogP contribution is -2.22. The van der Waals surface area contributed by atoms with Crippen molar-refractivity contribution >= 4 is 5.95 Å². The first-order valence-corrected chi connectivity index (χ1v) is 8.04. The first-order valence-electron chi connectivity index (χ1n) is 8.04. The third kappa shape index (κ3) is 2.96. The van der Waals surface area contributed by atoms with Crippen LogP contribution in [-0.4, -0.2) is 15.6 Å². The van der Waals surface area contributed by atoms with Crippen molar-refractivity contribution in [1.29, 1.82) is 0 Å². The van der Waals surface area contributed by atoms with Crippen LogP contribution >= 0.6 is 0 Å². The number of rotatable bonds is 3. The molecule has 1 aromatic heterocycles. The molecular weight excluding hydrogens is 234 g/mol. The molecule has 2 aliphatic carbocycles. The molecule has 0 spiro atoms. The summed E-state index contributed by atoms with van der Waals surface area (Å²) in [4.78, 5) is 4.72. The van der Waals surface area contributed by atoms with Gasteiger partial charge < -0.3 is 9.88 Å². The summed E-state index contributed by atoms with van der Waals surface area (Å²) in [5.74, 6) is 2.04. The van der Waals surface area contributed by atoms with Gasteiger partial charge in [-0.1, -0.05) is 19.8 Å². The largest absolute Gasteiger partial charge is 0.353 e. The van der Waals surface area contributed by atoms with Crippen molar-refractivity contribution in [3.8, 4) is 0 Å². The van der Waals surface area contributed by atoms with Crippen LogP contribution in [0.2, 0.25) is 0 Å². The van der Waals surface area contributed by atoms with Gasteiger partial charge in [-0.3, -0.25) is 0 Å². The Morgan fingerprint density at radius 2 is 1.79 bits per heavy atom. The quantitative estimate of drug-likeness (QED) is 0.879. The molecule has 2 saturated carbocycles. The second kappa shape index (κ2) is 5.56. The number of nitrogens with one attached hydrogen (secondary N) is 1. The maximum absolute atomic E-state index is 4.72. The molecule has 106 valence electrons. The Bertz CT molecular complexity index is 410. The molecule has 1 N–H and O–H groups in total. The van der Waals surface area contributed by atoms with Crippen molar-refractivity contribution in [2.75, 3.05) is 5.32 Å². The van der Waals surface area contributed by atoms with Gasteiger partial charge in [-0.2, -0.15) is 0 Å². The monoisotopic (exact) mass is 261 g/mol. The van der Waals surface area contributed by atoms with Crippen LogP contribution in [0.5, 0.6) is 0 Å². The van der Waals surface area contributed by atoms with Gasteiger partial charge in [0.15, 0.2) is 0 Å². The minimum absolute atomic E-state index is 0.656. The lowest BCUT2D eigenvalue weighted by molar-refractivity contribution is 0.291. The highest BCUT2D eigenvalue weighted by Gasteiger charge is 2.23. The first-order chi connectivity index (χ1) is 9.22. The summed E-state index contributed by atoms with van der Waals surface area (Å²) in [5, 5.41) is 3.69. The fourth-order valence-electron chi connectivity index (χ4n) is 3.67. The Labute approximate surface area is 116 Å². The summed E-state index contributed by atoms with van der Waals surface area (Å²) < 4.78 is 2.43. The van der Waals surface area contributed by atoms with Gasteiger partial charge in [-0.05, 0) is 51.4 Å². The van der Waals surface area contributed by atoms with Gasteiger partial charge in [-0.25, -0.2) is 4.98 Å². The predicted octanol–water partition coefficient (Wildman–Crippen LogP) is 4.30. The van der Waals surface area contributed by atoms with Crippen LogP contribution in [0.15, 0.2) is 6.20 Å². The van der Waals surface area contributed by atoms with Crippen LogP contribution in [0.1, 0.15) is 70.0 Å². The van der Waals surface area contributed by atoms with Gasteiger partial charge >= 0.3 is 0 Å². The molecule has 0 aromatic carbocycles. The van der Waals surface area contributed by atoms with Crippen LogP contribution in [0.3, 0.4) is 0 Å². The lowest BCUT2D eigenvalue weighted by atomic mass is 9.87. The van der Waals surface area contributed by atoms with Crippen LogP contribution < -0.4 is 5.32 Å². The van der Waals surface area contributed by atoms with E-state index in [9.17, 15) is 0 Å². The standard InChI is InChI=1S/C16H27N3/c1-12-7-9-15(10-8-12)19-11-13(2)17-16(19)18-14-5-3-4-6-14/h11-12,14-15H,3-10H2,1-2H3,(H,17,18). The fourth-order valence-corrected chi connectivity index (χ4v) is 3.67. The molecule has 0 saturated heterocycles. The zero-order chi connectivity index (χ0) is 13.2. The molecule has 0 atom stereocenters. The molecule has 0 unspecified atom stereocenters. The molecule has 0 bridgehead atoms. The van der Waals surface area contributed by atoms with Crippen LogP contribution in [0.25, 0.3) is 0 Å². The molecule has 0 aliphatic heterocycles. The SMILES string of the molecule is Cc1cn(C2CCC(C)CC2)c(NC2CCCC2)n1. The highest BCUT2D eigenvalue weighted by Crippen LogP contribution is 2.34. The number of hydrogen-bond acceptors (Lipinski definition) is 2. The van der Waals surface area contributed by atoms with Crippen LogP contribution in [-0.2, 0) is 0 Å². The van der Waals surface area contributed by atoms with E-state index in [0.29, 0.717) is 12.1 Å². The van der Waals surface area contributed by atoms with Gasteiger partial charge in [0, 0.05) is 18.3 Å². The predicted molar refractivity (Wildman–Crippen MR) is 79.5 cm³/mol. The summed E-state index contributed by atoms with van der Waals surface area (Å²) in [6.07, 6.45) is 13.0. The summed E-state index contributed by atoms with van der Waals surface area (Å²) in [7, 11) is 0. The highest BCUT2D eigenvalue weighted by atomic mass is 15.2. The zero-order valence-electron chi connectivity index (χ0n) is 12.4. The van der Waals surface area contributed by atoms with Crippen molar-refractivity contribution in [3.05, 3.63) is 11.9 Å². The maximum Gasteiger partial charge on any atom is 0.203 e. The topological polar surface area (TPSA) is 29.9 Å². The second-order valence-electron chi connectivity index (χ2n) is 6.65. The van der Waals surface area contributed by atoms with Crippen molar-refractivity contribution < 1.29 is 0 Å². The van der Waals surface area contributed by atoms with E-state index >= 15 is 0 Å². The van der Waals surface area contributed by atoms with Gasteiger partial charge in [0.2, 0.25) is 5.95 Å². The van der Waals surface area contributed by atoms with Gasteiger partial charge in [0.1, 0.15) is 0 Å². The average molecular weight is 261 g/mol. The van der Waals surface area contributed by atoms with Crippen molar-refractivity contribution in [1.82, 2.24) is 9.55 Å². The number of nitrogens with zero attached hydrogens (tertiary/aromatic N) is 2. The minimum Gasteiger partial charge on any atom is -0.353 e. The van der Waals surface area contributed by atoms with Crippen molar-refractivity contribution in [2.45, 2.75) is 77.3 Å². The molecule has 1 aromatic rings. The summed E-state index contributed by atoms with van der Waals surface area (Å²) in [5.41, 5.74) is 1.15. The normalized spacial score (nSPS) is 28.7. The van der Waals surface area contributed by atoms with E-state index in [2.05, 4.69) is 29.9 Å². The molecule has 3 nitrogen and oxygen atoms in total. The molecule has 3 heteroatoms. The molecule has 2 fully saturated rings. The summed E-state index contributed by atoms with van der Waals surface area (Å²) in [6.45, 7) is 4.49. The average Bonchev–Trinajstić information content (AvgIpc) is 3.01. The number of anilines is 1. The molecular formula is C16H27N3. The van der Waals surface area contributed by atoms with Crippen LogP contribution in [0.4, 0.5) is 5.95 Å². The fraction of sp³-hybridized carbons (Fsp3) is 0.812. The highest BCUT2D eigenvalue weighted by molar-refractivity contribution is 5.31. The van der Waals surface area contributed by atoms with E-state index in [1.54, 1.807) is 0 Å². The number of aromatic nitrogens is 2. The summed E-state index contributed by atoms with van der Waals surface area (Å²) >= 11 is 0. The first kappa shape index (κ1) is 13.0. The van der Waals surface area contributed by atoms with E-state index in [1.165, 1.54) is 51.4 Å². The molecule has 19 heavy (non-hydrogen) atoms. The van der Waals surface area contributed by atoms with E-state index < -0.39 is 0 Å². The van der Waals surface area contributed by atoms with E-state index in [1.807, 2.05) is 0 Å². The third-order valence-corrected chi connectivity index (χ3v) is 4.92. The van der Waals surface area contributed by atoms with E-state index in [-0.39, 0.29) is 0 Å². The van der Waals surface area contributed by atoms with E-state index in [4.69, 9.17) is 4.98 Å². The van der Waals surface area contributed by atoms with Crippen molar-refractivity contribution in [2.24, 2.45) is 5.92 Å². The van der Waals surface area contributed by atoms with Gasteiger partial charge in [-0.15, -0.1) is 0 Å². The lowest BCUT2D eigenvalue weighted by Gasteiger charge is -2.29. The third-order valence-electron chi connectivity index (χ3n) is 4.92. The Morgan fingerprint density at radius 3 is 2.47 bits per heavy atom. The molecule has 0 radical (unpaired) electrons. The molecule has 1 heterocycles. The Hall–Kier alpha value is -0.990. The number of aryl methyl sites for hydroxylation is 1.